The molecule has 0 amide bonds. The van der Waals surface area contributed by atoms with Gasteiger partial charge in [-0.3, -0.25) is 0 Å². The number of anilines is 3. The SMILES string of the molecule is Cc1cc(Nc2ccccc2I)ncc1N. The van der Waals surface area contributed by atoms with Crippen molar-refractivity contribution >= 4 is 39.8 Å². The molecule has 1 aromatic heterocycles. The number of nitrogens with one attached hydrogen (secondary N) is 1. The molecule has 0 aliphatic carbocycles. The average Bonchev–Trinajstić information content (AvgIpc) is 2.27. The normalized spacial score (nSPS) is 10.1. The van der Waals surface area contributed by atoms with Gasteiger partial charge >= 0.3 is 0 Å². The predicted molar refractivity (Wildman–Crippen MR) is 75.8 cm³/mol. The second kappa shape index (κ2) is 4.69. The molecule has 2 aromatic rings. The van der Waals surface area contributed by atoms with E-state index in [4.69, 9.17) is 5.73 Å². The Hall–Kier alpha value is -1.30. The molecule has 4 heteroatoms. The Morgan fingerprint density at radius 2 is 2.06 bits per heavy atom. The van der Waals surface area contributed by atoms with Crippen molar-refractivity contribution in [1.82, 2.24) is 4.98 Å². The molecule has 82 valence electrons. The topological polar surface area (TPSA) is 50.9 Å². The van der Waals surface area contributed by atoms with Gasteiger partial charge in [-0.1, -0.05) is 12.1 Å². The molecule has 1 heterocycles. The molecule has 0 bridgehead atoms. The van der Waals surface area contributed by atoms with Gasteiger partial charge in [0.15, 0.2) is 0 Å². The van der Waals surface area contributed by atoms with Gasteiger partial charge < -0.3 is 11.1 Å². The highest BCUT2D eigenvalue weighted by atomic mass is 127. The molecule has 0 radical (unpaired) electrons. The lowest BCUT2D eigenvalue weighted by Crippen LogP contribution is -1.98. The van der Waals surface area contributed by atoms with E-state index in [9.17, 15) is 0 Å². The molecule has 0 spiro atoms. The molecule has 0 aliphatic rings. The van der Waals surface area contributed by atoms with Gasteiger partial charge in [-0.05, 0) is 53.3 Å². The van der Waals surface area contributed by atoms with E-state index < -0.39 is 0 Å². The third-order valence-corrected chi connectivity index (χ3v) is 3.23. The van der Waals surface area contributed by atoms with E-state index in [0.717, 1.165) is 20.6 Å². The zero-order valence-electron chi connectivity index (χ0n) is 8.87. The molecule has 2 rings (SSSR count). The fourth-order valence-corrected chi connectivity index (χ4v) is 1.86. The molecule has 0 unspecified atom stereocenters. The van der Waals surface area contributed by atoms with Crippen LogP contribution in [0.1, 0.15) is 5.56 Å². The van der Waals surface area contributed by atoms with Crippen molar-refractivity contribution < 1.29 is 0 Å². The summed E-state index contributed by atoms with van der Waals surface area (Å²) >= 11 is 2.29. The molecule has 1 aromatic carbocycles. The standard InChI is InChI=1S/C12H12IN3/c1-8-6-12(15-7-10(8)14)16-11-5-3-2-4-9(11)13/h2-7H,14H2,1H3,(H,15,16). The van der Waals surface area contributed by atoms with E-state index in [0.29, 0.717) is 5.69 Å². The largest absolute Gasteiger partial charge is 0.397 e. The van der Waals surface area contributed by atoms with E-state index >= 15 is 0 Å². The number of halogens is 1. The molecule has 3 N–H and O–H groups in total. The van der Waals surface area contributed by atoms with Crippen LogP contribution < -0.4 is 11.1 Å². The lowest BCUT2D eigenvalue weighted by Gasteiger charge is -2.08. The third kappa shape index (κ3) is 2.44. The summed E-state index contributed by atoms with van der Waals surface area (Å²) < 4.78 is 1.16. The van der Waals surface area contributed by atoms with E-state index in [1.807, 2.05) is 37.3 Å². The quantitative estimate of drug-likeness (QED) is 0.833. The lowest BCUT2D eigenvalue weighted by atomic mass is 10.2. The first-order chi connectivity index (χ1) is 7.66. The van der Waals surface area contributed by atoms with Crippen LogP contribution in [0, 0.1) is 10.5 Å². The zero-order valence-corrected chi connectivity index (χ0v) is 11.0. The third-order valence-electron chi connectivity index (χ3n) is 2.29. The second-order valence-corrected chi connectivity index (χ2v) is 4.69. The molecule has 0 atom stereocenters. The summed E-state index contributed by atoms with van der Waals surface area (Å²) in [5.41, 5.74) is 8.52. The number of para-hydroxylation sites is 1. The van der Waals surface area contributed by atoms with Crippen LogP contribution in [0.4, 0.5) is 17.2 Å². The molecule has 16 heavy (non-hydrogen) atoms. The van der Waals surface area contributed by atoms with Crippen molar-refractivity contribution in [2.45, 2.75) is 6.92 Å². The van der Waals surface area contributed by atoms with Crippen LogP contribution in [0.5, 0.6) is 0 Å². The van der Waals surface area contributed by atoms with Crippen LogP contribution in [0.25, 0.3) is 0 Å². The molecule has 3 nitrogen and oxygen atoms in total. The number of benzene rings is 1. The number of nitrogen functional groups attached to an aromatic ring is 1. The summed E-state index contributed by atoms with van der Waals surface area (Å²) in [6.07, 6.45) is 1.67. The van der Waals surface area contributed by atoms with Crippen LogP contribution in [-0.2, 0) is 0 Å². The zero-order chi connectivity index (χ0) is 11.5. The van der Waals surface area contributed by atoms with Crippen LogP contribution >= 0.6 is 22.6 Å². The maximum absolute atomic E-state index is 5.72. The Morgan fingerprint density at radius 1 is 1.31 bits per heavy atom. The van der Waals surface area contributed by atoms with Gasteiger partial charge in [-0.25, -0.2) is 4.98 Å². The van der Waals surface area contributed by atoms with E-state index in [-0.39, 0.29) is 0 Å². The Balaban J connectivity index is 2.28. The van der Waals surface area contributed by atoms with Crippen molar-refractivity contribution in [2.24, 2.45) is 0 Å². The minimum atomic E-state index is 0.716. The Kier molecular flexibility index (Phi) is 3.28. The summed E-state index contributed by atoms with van der Waals surface area (Å²) in [7, 11) is 0. The van der Waals surface area contributed by atoms with Gasteiger partial charge in [0.2, 0.25) is 0 Å². The first kappa shape index (κ1) is 11.2. The molecule has 0 saturated heterocycles. The minimum absolute atomic E-state index is 0.716. The molecule has 0 saturated carbocycles. The summed E-state index contributed by atoms with van der Waals surface area (Å²) in [6, 6.07) is 10.0. The maximum Gasteiger partial charge on any atom is 0.130 e. The Labute approximate surface area is 108 Å². The fourth-order valence-electron chi connectivity index (χ4n) is 1.34. The number of rotatable bonds is 2. The van der Waals surface area contributed by atoms with E-state index in [2.05, 4.69) is 32.9 Å². The predicted octanol–water partition coefficient (Wildman–Crippen LogP) is 3.32. The van der Waals surface area contributed by atoms with Crippen LogP contribution in [-0.4, -0.2) is 4.98 Å². The van der Waals surface area contributed by atoms with Crippen molar-refractivity contribution in [3.8, 4) is 0 Å². The number of aromatic nitrogens is 1. The lowest BCUT2D eigenvalue weighted by molar-refractivity contribution is 1.27. The molecule has 0 aliphatic heterocycles. The van der Waals surface area contributed by atoms with Gasteiger partial charge in [0.05, 0.1) is 17.6 Å². The number of hydrogen-bond donors (Lipinski definition) is 2. The number of aryl methyl sites for hydroxylation is 1. The summed E-state index contributed by atoms with van der Waals surface area (Å²) in [6.45, 7) is 1.97. The summed E-state index contributed by atoms with van der Waals surface area (Å²) in [4.78, 5) is 4.24. The monoisotopic (exact) mass is 325 g/mol. The molecular weight excluding hydrogens is 313 g/mol. The smallest absolute Gasteiger partial charge is 0.130 e. The Morgan fingerprint density at radius 3 is 2.75 bits per heavy atom. The average molecular weight is 325 g/mol. The van der Waals surface area contributed by atoms with Crippen molar-refractivity contribution in [3.05, 3.63) is 45.7 Å². The highest BCUT2D eigenvalue weighted by Gasteiger charge is 2.01. The first-order valence-corrected chi connectivity index (χ1v) is 5.98. The van der Waals surface area contributed by atoms with Crippen molar-refractivity contribution in [3.63, 3.8) is 0 Å². The Bertz CT molecular complexity index is 511. The number of nitrogens with zero attached hydrogens (tertiary/aromatic N) is 1. The fraction of sp³-hybridized carbons (Fsp3) is 0.0833. The van der Waals surface area contributed by atoms with Gasteiger partial charge in [-0.15, -0.1) is 0 Å². The summed E-state index contributed by atoms with van der Waals surface area (Å²) in [5.74, 6) is 0.816. The maximum atomic E-state index is 5.72. The highest BCUT2D eigenvalue weighted by Crippen LogP contribution is 2.22. The van der Waals surface area contributed by atoms with Gasteiger partial charge in [0, 0.05) is 3.57 Å². The van der Waals surface area contributed by atoms with E-state index in [1.54, 1.807) is 6.20 Å². The van der Waals surface area contributed by atoms with Gasteiger partial charge in [0.1, 0.15) is 5.82 Å². The summed E-state index contributed by atoms with van der Waals surface area (Å²) in [5, 5.41) is 3.27. The van der Waals surface area contributed by atoms with Gasteiger partial charge in [-0.2, -0.15) is 0 Å². The number of pyridine rings is 1. The molecule has 0 fully saturated rings. The van der Waals surface area contributed by atoms with Crippen LogP contribution in [0.15, 0.2) is 36.5 Å². The highest BCUT2D eigenvalue weighted by molar-refractivity contribution is 14.1. The number of hydrogen-bond acceptors (Lipinski definition) is 3. The van der Waals surface area contributed by atoms with Gasteiger partial charge in [0.25, 0.3) is 0 Å². The molecular formula is C12H12IN3. The minimum Gasteiger partial charge on any atom is -0.397 e. The van der Waals surface area contributed by atoms with E-state index in [1.165, 1.54) is 0 Å². The number of nitrogens with two attached hydrogens (primary N) is 1. The van der Waals surface area contributed by atoms with Crippen molar-refractivity contribution in [2.75, 3.05) is 11.1 Å². The first-order valence-electron chi connectivity index (χ1n) is 4.90. The van der Waals surface area contributed by atoms with Crippen LogP contribution in [0.3, 0.4) is 0 Å². The second-order valence-electron chi connectivity index (χ2n) is 3.53. The van der Waals surface area contributed by atoms with Crippen LogP contribution in [0.2, 0.25) is 0 Å². The van der Waals surface area contributed by atoms with Crippen molar-refractivity contribution in [1.29, 1.82) is 0 Å².